The Morgan fingerprint density at radius 1 is 0.889 bits per heavy atom. The molecule has 0 unspecified atom stereocenters. The Labute approximate surface area is 159 Å². The molecule has 4 nitrogen and oxygen atoms in total. The summed E-state index contributed by atoms with van der Waals surface area (Å²) in [5, 5.41) is 0. The molecule has 0 atom stereocenters. The van der Waals surface area contributed by atoms with Crippen LogP contribution in [0.4, 0.5) is 10.1 Å². The lowest BCUT2D eigenvalue weighted by atomic mass is 9.90. The standard InChI is InChI=1S/C22H26FNO3/c1-7-24(19-10-8-18(23)9-11-19)20(25)12-27-22(26)21-16(5)14(3)13(2)15(4)17(21)6/h8-11H,7,12H2,1-6H3. The van der Waals surface area contributed by atoms with Gasteiger partial charge < -0.3 is 9.64 Å². The number of hydrogen-bond acceptors (Lipinski definition) is 3. The minimum Gasteiger partial charge on any atom is -0.452 e. The first-order valence-electron chi connectivity index (χ1n) is 8.99. The van der Waals surface area contributed by atoms with Gasteiger partial charge in [-0.2, -0.15) is 0 Å². The third kappa shape index (κ3) is 4.18. The van der Waals surface area contributed by atoms with Crippen molar-refractivity contribution in [1.82, 2.24) is 0 Å². The van der Waals surface area contributed by atoms with Crippen molar-refractivity contribution in [2.24, 2.45) is 0 Å². The van der Waals surface area contributed by atoms with Crippen LogP contribution in [0.5, 0.6) is 0 Å². The molecule has 2 aromatic carbocycles. The molecule has 0 aliphatic heterocycles. The fourth-order valence-electron chi connectivity index (χ4n) is 3.21. The summed E-state index contributed by atoms with van der Waals surface area (Å²) in [6.07, 6.45) is 0. The van der Waals surface area contributed by atoms with E-state index in [-0.39, 0.29) is 18.3 Å². The Balaban J connectivity index is 2.17. The molecule has 1 amide bonds. The molecular weight excluding hydrogens is 345 g/mol. The summed E-state index contributed by atoms with van der Waals surface area (Å²) in [6, 6.07) is 5.64. The Kier molecular flexibility index (Phi) is 6.37. The molecule has 0 saturated carbocycles. The number of ether oxygens (including phenoxy) is 1. The number of carbonyl (C=O) groups is 2. The Morgan fingerprint density at radius 3 is 1.85 bits per heavy atom. The van der Waals surface area contributed by atoms with Crippen LogP contribution in [0.25, 0.3) is 0 Å². The van der Waals surface area contributed by atoms with Crippen LogP contribution in [0.2, 0.25) is 0 Å². The summed E-state index contributed by atoms with van der Waals surface area (Å²) in [7, 11) is 0. The predicted molar refractivity (Wildman–Crippen MR) is 105 cm³/mol. The normalized spacial score (nSPS) is 10.6. The summed E-state index contributed by atoms with van der Waals surface area (Å²) in [5.74, 6) is -1.22. The molecule has 0 N–H and O–H groups in total. The van der Waals surface area contributed by atoms with Crippen molar-refractivity contribution in [2.75, 3.05) is 18.1 Å². The number of carbonyl (C=O) groups excluding carboxylic acids is 2. The van der Waals surface area contributed by atoms with E-state index in [4.69, 9.17) is 4.74 Å². The van der Waals surface area contributed by atoms with Gasteiger partial charge in [0, 0.05) is 12.2 Å². The second-order valence-corrected chi connectivity index (χ2v) is 6.69. The number of likely N-dealkylation sites (N-methyl/N-ethyl adjacent to an activating group) is 1. The highest BCUT2D eigenvalue weighted by Crippen LogP contribution is 2.26. The van der Waals surface area contributed by atoms with Gasteiger partial charge in [-0.25, -0.2) is 9.18 Å². The average Bonchev–Trinajstić information content (AvgIpc) is 2.65. The van der Waals surface area contributed by atoms with E-state index in [0.29, 0.717) is 17.8 Å². The minimum absolute atomic E-state index is 0.353. The predicted octanol–water partition coefficient (Wildman–Crippen LogP) is 4.58. The minimum atomic E-state index is -0.500. The molecule has 0 saturated heterocycles. The van der Waals surface area contributed by atoms with Gasteiger partial charge in [0.05, 0.1) is 5.56 Å². The Morgan fingerprint density at radius 2 is 1.37 bits per heavy atom. The number of anilines is 1. The Hall–Kier alpha value is -2.69. The topological polar surface area (TPSA) is 46.6 Å². The van der Waals surface area contributed by atoms with E-state index in [1.165, 1.54) is 29.2 Å². The van der Waals surface area contributed by atoms with Gasteiger partial charge in [0.1, 0.15) is 5.82 Å². The first-order valence-corrected chi connectivity index (χ1v) is 8.99. The molecule has 144 valence electrons. The molecule has 0 spiro atoms. The molecule has 2 rings (SSSR count). The largest absolute Gasteiger partial charge is 0.452 e. The lowest BCUT2D eigenvalue weighted by molar-refractivity contribution is -0.121. The number of amides is 1. The van der Waals surface area contributed by atoms with Crippen molar-refractivity contribution in [2.45, 2.75) is 41.5 Å². The molecule has 0 bridgehead atoms. The molecule has 2 aromatic rings. The van der Waals surface area contributed by atoms with Gasteiger partial charge in [-0.3, -0.25) is 4.79 Å². The van der Waals surface area contributed by atoms with Crippen molar-refractivity contribution < 1.29 is 18.7 Å². The van der Waals surface area contributed by atoms with Gasteiger partial charge in [-0.05, 0) is 93.6 Å². The van der Waals surface area contributed by atoms with Gasteiger partial charge in [-0.1, -0.05) is 0 Å². The fraction of sp³-hybridized carbons (Fsp3) is 0.364. The summed E-state index contributed by atoms with van der Waals surface area (Å²) in [4.78, 5) is 26.6. The van der Waals surface area contributed by atoms with Crippen LogP contribution in [0.1, 0.15) is 45.1 Å². The van der Waals surface area contributed by atoms with Crippen molar-refractivity contribution in [3.05, 3.63) is 63.5 Å². The zero-order valence-corrected chi connectivity index (χ0v) is 16.8. The summed E-state index contributed by atoms with van der Waals surface area (Å²) < 4.78 is 18.4. The number of rotatable bonds is 5. The lowest BCUT2D eigenvalue weighted by Gasteiger charge is -2.21. The summed E-state index contributed by atoms with van der Waals surface area (Å²) in [6.45, 7) is 11.6. The monoisotopic (exact) mass is 371 g/mol. The third-order valence-electron chi connectivity index (χ3n) is 5.29. The maximum Gasteiger partial charge on any atom is 0.339 e. The molecule has 0 fully saturated rings. The molecule has 5 heteroatoms. The second kappa shape index (κ2) is 8.33. The zero-order chi connectivity index (χ0) is 20.3. The lowest BCUT2D eigenvalue weighted by Crippen LogP contribution is -2.34. The van der Waals surface area contributed by atoms with E-state index in [1.54, 1.807) is 0 Å². The fourth-order valence-corrected chi connectivity index (χ4v) is 3.21. The SMILES string of the molecule is CCN(C(=O)COC(=O)c1c(C)c(C)c(C)c(C)c1C)c1ccc(F)cc1. The van der Waals surface area contributed by atoms with Crippen molar-refractivity contribution in [3.8, 4) is 0 Å². The van der Waals surface area contributed by atoms with Gasteiger partial charge in [0.2, 0.25) is 0 Å². The van der Waals surface area contributed by atoms with E-state index < -0.39 is 5.97 Å². The van der Waals surface area contributed by atoms with E-state index in [9.17, 15) is 14.0 Å². The first kappa shape index (κ1) is 20.6. The molecule has 0 aromatic heterocycles. The molecular formula is C22H26FNO3. The van der Waals surface area contributed by atoms with Crippen LogP contribution in [-0.2, 0) is 9.53 Å². The molecule has 0 aliphatic carbocycles. The summed E-state index contributed by atoms with van der Waals surface area (Å²) in [5.41, 5.74) is 6.10. The van der Waals surface area contributed by atoms with Crippen LogP contribution in [0, 0.1) is 40.4 Å². The molecule has 0 radical (unpaired) electrons. The van der Waals surface area contributed by atoms with Crippen molar-refractivity contribution >= 4 is 17.6 Å². The first-order chi connectivity index (χ1) is 12.7. The van der Waals surface area contributed by atoms with Gasteiger partial charge in [-0.15, -0.1) is 0 Å². The number of esters is 1. The third-order valence-corrected chi connectivity index (χ3v) is 5.29. The van der Waals surface area contributed by atoms with E-state index in [0.717, 1.165) is 27.8 Å². The van der Waals surface area contributed by atoms with Gasteiger partial charge in [0.15, 0.2) is 6.61 Å². The zero-order valence-electron chi connectivity index (χ0n) is 16.8. The highest BCUT2D eigenvalue weighted by atomic mass is 19.1. The Bertz CT molecular complexity index is 843. The quantitative estimate of drug-likeness (QED) is 0.723. The number of nitrogens with zero attached hydrogens (tertiary/aromatic N) is 1. The maximum atomic E-state index is 13.1. The second-order valence-electron chi connectivity index (χ2n) is 6.69. The molecule has 27 heavy (non-hydrogen) atoms. The van der Waals surface area contributed by atoms with E-state index in [2.05, 4.69) is 0 Å². The summed E-state index contributed by atoms with van der Waals surface area (Å²) >= 11 is 0. The average molecular weight is 371 g/mol. The highest BCUT2D eigenvalue weighted by molar-refractivity contribution is 5.98. The van der Waals surface area contributed by atoms with Crippen LogP contribution < -0.4 is 4.90 Å². The highest BCUT2D eigenvalue weighted by Gasteiger charge is 2.22. The van der Waals surface area contributed by atoms with Crippen molar-refractivity contribution in [1.29, 1.82) is 0 Å². The number of halogens is 1. The van der Waals surface area contributed by atoms with Gasteiger partial charge in [0.25, 0.3) is 5.91 Å². The molecule has 0 aliphatic rings. The van der Waals surface area contributed by atoms with Crippen LogP contribution in [0.3, 0.4) is 0 Å². The van der Waals surface area contributed by atoms with E-state index in [1.807, 2.05) is 41.5 Å². The van der Waals surface area contributed by atoms with Crippen LogP contribution in [-0.4, -0.2) is 25.0 Å². The number of benzene rings is 2. The molecule has 0 heterocycles. The van der Waals surface area contributed by atoms with Gasteiger partial charge >= 0.3 is 5.97 Å². The van der Waals surface area contributed by atoms with E-state index >= 15 is 0 Å². The van der Waals surface area contributed by atoms with Crippen LogP contribution >= 0.6 is 0 Å². The van der Waals surface area contributed by atoms with Crippen LogP contribution in [0.15, 0.2) is 24.3 Å². The number of hydrogen-bond donors (Lipinski definition) is 0. The maximum absolute atomic E-state index is 13.1. The van der Waals surface area contributed by atoms with Crippen molar-refractivity contribution in [3.63, 3.8) is 0 Å². The smallest absolute Gasteiger partial charge is 0.339 e.